The molecule has 13 rings (SSSR count). The van der Waals surface area contributed by atoms with Crippen LogP contribution in [0.4, 0.5) is 0 Å². The van der Waals surface area contributed by atoms with Crippen LogP contribution in [0.25, 0.3) is 122 Å². The van der Waals surface area contributed by atoms with Gasteiger partial charge in [0.15, 0.2) is 11.6 Å². The van der Waals surface area contributed by atoms with Crippen LogP contribution in [0.15, 0.2) is 237 Å². The normalized spacial score (nSPS) is 11.6. The fourth-order valence-electron chi connectivity index (χ4n) is 9.89. The number of nitrogens with zero attached hydrogens (tertiary/aromatic N) is 5. The maximum atomic E-state index is 5.50. The Morgan fingerprint density at radius 3 is 1.44 bits per heavy atom. The predicted molar refractivity (Wildman–Crippen MR) is 273 cm³/mol. The molecule has 0 fully saturated rings. The topological polar surface area (TPSA) is 48.5 Å². The second-order valence-corrected chi connectivity index (χ2v) is 16.8. The first-order valence-corrected chi connectivity index (χ1v) is 22.4. The van der Waals surface area contributed by atoms with Gasteiger partial charge in [-0.3, -0.25) is 4.57 Å². The van der Waals surface area contributed by atoms with Gasteiger partial charge in [-0.1, -0.05) is 200 Å². The molecule has 3 heterocycles. The van der Waals surface area contributed by atoms with Gasteiger partial charge in [-0.05, 0) is 75.0 Å². The second-order valence-electron chi connectivity index (χ2n) is 16.8. The van der Waals surface area contributed by atoms with E-state index in [0.717, 1.165) is 88.4 Å². The van der Waals surface area contributed by atoms with Gasteiger partial charge in [-0.25, -0.2) is 4.98 Å². The summed E-state index contributed by atoms with van der Waals surface area (Å²) in [5, 5.41) is 6.98. The standard InChI is InChI=1S/C61H39N5/c1-3-17-40(18-4-1)44-23-15-25-47(38-44)59-62-60(48-26-16-24-45(39-48)46-34-33-41-19-7-8-22-43(41)37-46)64-61(63-59)66-56-32-14-11-29-51(56)53-36-35-52-50-28-10-13-31-55(50)65(57(52)58(53)66)54-30-12-9-27-49(54)42-20-5-2-6-21-42/h1-39H. The van der Waals surface area contributed by atoms with Crippen LogP contribution in [0.1, 0.15) is 0 Å². The molecule has 3 aromatic heterocycles. The van der Waals surface area contributed by atoms with Gasteiger partial charge in [0.2, 0.25) is 5.95 Å². The Morgan fingerprint density at radius 2 is 0.758 bits per heavy atom. The summed E-state index contributed by atoms with van der Waals surface area (Å²) >= 11 is 0. The number of fused-ring (bicyclic) bond motifs is 8. The molecule has 0 aliphatic carbocycles. The van der Waals surface area contributed by atoms with E-state index in [1.54, 1.807) is 0 Å². The molecule has 10 aromatic carbocycles. The van der Waals surface area contributed by atoms with Crippen LogP contribution in [0.3, 0.4) is 0 Å². The summed E-state index contributed by atoms with van der Waals surface area (Å²) in [6.07, 6.45) is 0. The molecule has 0 bridgehead atoms. The van der Waals surface area contributed by atoms with E-state index in [9.17, 15) is 0 Å². The molecule has 0 aliphatic heterocycles. The van der Waals surface area contributed by atoms with E-state index in [-0.39, 0.29) is 0 Å². The van der Waals surface area contributed by atoms with E-state index in [4.69, 9.17) is 15.0 Å². The molecule has 0 radical (unpaired) electrons. The Hall–Kier alpha value is -8.93. The molecule has 0 spiro atoms. The van der Waals surface area contributed by atoms with Gasteiger partial charge in [-0.15, -0.1) is 0 Å². The van der Waals surface area contributed by atoms with Gasteiger partial charge in [-0.2, -0.15) is 9.97 Å². The van der Waals surface area contributed by atoms with Crippen LogP contribution < -0.4 is 0 Å². The molecule has 0 aliphatic rings. The number of rotatable bonds is 7. The molecule has 5 heteroatoms. The Kier molecular flexibility index (Phi) is 8.78. The number of para-hydroxylation sites is 3. The molecular weight excluding hydrogens is 803 g/mol. The highest BCUT2D eigenvalue weighted by Gasteiger charge is 2.24. The quantitative estimate of drug-likeness (QED) is 0.161. The van der Waals surface area contributed by atoms with Gasteiger partial charge >= 0.3 is 0 Å². The molecule has 0 N–H and O–H groups in total. The minimum Gasteiger partial charge on any atom is -0.307 e. The maximum absolute atomic E-state index is 5.50. The molecule has 0 unspecified atom stereocenters. The van der Waals surface area contributed by atoms with Crippen LogP contribution >= 0.6 is 0 Å². The highest BCUT2D eigenvalue weighted by atomic mass is 15.2. The third-order valence-corrected chi connectivity index (χ3v) is 13.0. The van der Waals surface area contributed by atoms with Gasteiger partial charge in [0.1, 0.15) is 0 Å². The van der Waals surface area contributed by atoms with Crippen molar-refractivity contribution in [3.05, 3.63) is 237 Å². The van der Waals surface area contributed by atoms with Crippen LogP contribution in [-0.4, -0.2) is 24.1 Å². The highest BCUT2D eigenvalue weighted by Crippen LogP contribution is 2.43. The molecule has 0 atom stereocenters. The average Bonchev–Trinajstić information content (AvgIpc) is 3.92. The van der Waals surface area contributed by atoms with Crippen LogP contribution in [0.5, 0.6) is 0 Å². The predicted octanol–water partition coefficient (Wildman–Crippen LogP) is 15.6. The first-order chi connectivity index (χ1) is 32.7. The van der Waals surface area contributed by atoms with Gasteiger partial charge in [0.05, 0.1) is 27.8 Å². The molecule has 13 aromatic rings. The van der Waals surface area contributed by atoms with Crippen LogP contribution in [0.2, 0.25) is 0 Å². The number of aromatic nitrogens is 5. The summed E-state index contributed by atoms with van der Waals surface area (Å²) in [6.45, 7) is 0. The third-order valence-electron chi connectivity index (χ3n) is 13.0. The van der Waals surface area contributed by atoms with Crippen molar-refractivity contribution in [2.45, 2.75) is 0 Å². The van der Waals surface area contributed by atoms with E-state index in [0.29, 0.717) is 17.6 Å². The van der Waals surface area contributed by atoms with Crippen molar-refractivity contribution < 1.29 is 0 Å². The zero-order valence-electron chi connectivity index (χ0n) is 35.8. The fraction of sp³-hybridized carbons (Fsp3) is 0. The number of hydrogen-bond acceptors (Lipinski definition) is 3. The van der Waals surface area contributed by atoms with Crippen LogP contribution in [0, 0.1) is 0 Å². The minimum atomic E-state index is 0.545. The van der Waals surface area contributed by atoms with Crippen molar-refractivity contribution in [1.82, 2.24) is 24.1 Å². The Morgan fingerprint density at radius 1 is 0.273 bits per heavy atom. The molecular formula is C61H39N5. The van der Waals surface area contributed by atoms with Crippen LogP contribution in [-0.2, 0) is 0 Å². The van der Waals surface area contributed by atoms with E-state index < -0.39 is 0 Å². The second kappa shape index (κ2) is 15.4. The summed E-state index contributed by atoms with van der Waals surface area (Å²) in [6, 6.07) is 84.0. The summed E-state index contributed by atoms with van der Waals surface area (Å²) in [4.78, 5) is 16.3. The zero-order chi connectivity index (χ0) is 43.6. The maximum Gasteiger partial charge on any atom is 0.238 e. The van der Waals surface area contributed by atoms with Crippen molar-refractivity contribution >= 4 is 54.4 Å². The van der Waals surface area contributed by atoms with E-state index in [1.165, 1.54) is 16.2 Å². The van der Waals surface area contributed by atoms with Crippen molar-refractivity contribution in [1.29, 1.82) is 0 Å². The Labute approximate surface area is 381 Å². The van der Waals surface area contributed by atoms with E-state index >= 15 is 0 Å². The summed E-state index contributed by atoms with van der Waals surface area (Å²) in [5.41, 5.74) is 13.9. The summed E-state index contributed by atoms with van der Waals surface area (Å²) < 4.78 is 4.72. The van der Waals surface area contributed by atoms with E-state index in [2.05, 4.69) is 240 Å². The number of benzene rings is 10. The third kappa shape index (κ3) is 6.21. The monoisotopic (exact) mass is 841 g/mol. The van der Waals surface area contributed by atoms with Gasteiger partial charge < -0.3 is 4.57 Å². The molecule has 5 nitrogen and oxygen atoms in total. The van der Waals surface area contributed by atoms with Gasteiger partial charge in [0.25, 0.3) is 0 Å². The first-order valence-electron chi connectivity index (χ1n) is 22.4. The molecule has 66 heavy (non-hydrogen) atoms. The highest BCUT2D eigenvalue weighted by molar-refractivity contribution is 6.24. The molecule has 308 valence electrons. The van der Waals surface area contributed by atoms with Crippen molar-refractivity contribution in [2.24, 2.45) is 0 Å². The molecule has 0 saturated carbocycles. The van der Waals surface area contributed by atoms with Crippen molar-refractivity contribution in [2.75, 3.05) is 0 Å². The lowest BCUT2D eigenvalue weighted by Gasteiger charge is -2.16. The minimum absolute atomic E-state index is 0.545. The summed E-state index contributed by atoms with van der Waals surface area (Å²) in [5.74, 6) is 1.73. The van der Waals surface area contributed by atoms with Gasteiger partial charge in [0, 0.05) is 38.2 Å². The lowest BCUT2D eigenvalue weighted by molar-refractivity contribution is 0.953. The van der Waals surface area contributed by atoms with Crippen molar-refractivity contribution in [3.8, 4) is 67.8 Å². The van der Waals surface area contributed by atoms with Crippen molar-refractivity contribution in [3.63, 3.8) is 0 Å². The SMILES string of the molecule is c1ccc(-c2cccc(-c3nc(-c4cccc(-c5ccc6ccccc6c5)c4)nc(-n4c5ccccc5c5ccc6c7ccccc7n(-c7ccccc7-c7ccccc7)c6c54)n3)c2)cc1. The Balaban J connectivity index is 1.11. The Bertz CT molecular complexity index is 4000. The smallest absolute Gasteiger partial charge is 0.238 e. The zero-order valence-corrected chi connectivity index (χ0v) is 35.8. The average molecular weight is 842 g/mol. The molecule has 0 saturated heterocycles. The lowest BCUT2D eigenvalue weighted by atomic mass is 9.99. The number of hydrogen-bond donors (Lipinski definition) is 0. The molecule has 0 amide bonds. The first kappa shape index (κ1) is 37.6. The fourth-order valence-corrected chi connectivity index (χ4v) is 9.89. The summed E-state index contributed by atoms with van der Waals surface area (Å²) in [7, 11) is 0. The largest absolute Gasteiger partial charge is 0.307 e. The lowest BCUT2D eigenvalue weighted by Crippen LogP contribution is -2.07. The van der Waals surface area contributed by atoms with E-state index in [1.807, 2.05) is 6.07 Å².